The highest BCUT2D eigenvalue weighted by molar-refractivity contribution is 9.10. The zero-order chi connectivity index (χ0) is 19.8. The highest BCUT2D eigenvalue weighted by Crippen LogP contribution is 2.26. The lowest BCUT2D eigenvalue weighted by Crippen LogP contribution is -1.92. The van der Waals surface area contributed by atoms with Crippen LogP contribution in [0.15, 0.2) is 76.1 Å². The van der Waals surface area contributed by atoms with Gasteiger partial charge >= 0.3 is 0 Å². The predicted octanol–water partition coefficient (Wildman–Crippen LogP) is 5.24. The van der Waals surface area contributed by atoms with Crippen LogP contribution in [-0.2, 0) is 7.05 Å². The van der Waals surface area contributed by atoms with Crippen molar-refractivity contribution in [3.8, 4) is 34.6 Å². The van der Waals surface area contributed by atoms with E-state index in [1.165, 1.54) is 6.20 Å². The molecule has 0 radical (unpaired) electrons. The fourth-order valence-corrected chi connectivity index (χ4v) is 3.21. The molecule has 0 atom stereocenters. The van der Waals surface area contributed by atoms with Crippen molar-refractivity contribution in [1.29, 1.82) is 0 Å². The molecule has 0 N–H and O–H groups in total. The van der Waals surface area contributed by atoms with Crippen LogP contribution < -0.4 is 4.74 Å². The maximum atomic E-state index is 5.83. The highest BCUT2D eigenvalue weighted by Gasteiger charge is 2.13. The third kappa shape index (κ3) is 3.50. The SMILES string of the molecule is Cn1ccc2ccc(Oc3cnc(-c4nc(-c5ccc(Br)cc5)no4)cn3)cc21. The van der Waals surface area contributed by atoms with Gasteiger partial charge in [0.05, 0.1) is 17.9 Å². The summed E-state index contributed by atoms with van der Waals surface area (Å²) in [5.41, 5.74) is 2.41. The Bertz CT molecular complexity index is 1290. The van der Waals surface area contributed by atoms with E-state index in [1.54, 1.807) is 6.20 Å². The van der Waals surface area contributed by atoms with E-state index in [2.05, 4.69) is 42.1 Å². The van der Waals surface area contributed by atoms with E-state index in [0.717, 1.165) is 20.9 Å². The maximum absolute atomic E-state index is 5.83. The summed E-state index contributed by atoms with van der Waals surface area (Å²) in [6.45, 7) is 0. The Hall–Kier alpha value is -3.52. The molecule has 29 heavy (non-hydrogen) atoms. The van der Waals surface area contributed by atoms with Gasteiger partial charge in [-0.2, -0.15) is 4.98 Å². The number of halogens is 1. The van der Waals surface area contributed by atoms with Crippen LogP contribution in [0.3, 0.4) is 0 Å². The van der Waals surface area contributed by atoms with Crippen molar-refractivity contribution in [2.75, 3.05) is 0 Å². The molecule has 5 aromatic rings. The Labute approximate surface area is 174 Å². The first-order valence-corrected chi connectivity index (χ1v) is 9.60. The van der Waals surface area contributed by atoms with Crippen molar-refractivity contribution in [2.24, 2.45) is 7.05 Å². The molecule has 0 saturated heterocycles. The third-order valence-electron chi connectivity index (χ3n) is 4.46. The van der Waals surface area contributed by atoms with Crippen molar-refractivity contribution < 1.29 is 9.26 Å². The Morgan fingerprint density at radius 2 is 1.86 bits per heavy atom. The standard InChI is InChI=1S/C21H14BrN5O2/c1-27-9-8-13-4-7-16(10-18(13)27)28-19-12-23-17(11-24-19)21-25-20(26-29-21)14-2-5-15(22)6-3-14/h2-12H,1H3. The number of hydrogen-bond donors (Lipinski definition) is 0. The highest BCUT2D eigenvalue weighted by atomic mass is 79.9. The molecule has 0 saturated carbocycles. The fraction of sp³-hybridized carbons (Fsp3) is 0.0476. The Kier molecular flexibility index (Phi) is 4.33. The first-order valence-electron chi connectivity index (χ1n) is 8.81. The normalized spacial score (nSPS) is 11.1. The summed E-state index contributed by atoms with van der Waals surface area (Å²) in [7, 11) is 1.99. The van der Waals surface area contributed by atoms with Crippen LogP contribution in [-0.4, -0.2) is 24.7 Å². The van der Waals surface area contributed by atoms with Gasteiger partial charge in [0.1, 0.15) is 11.4 Å². The lowest BCUT2D eigenvalue weighted by atomic mass is 10.2. The lowest BCUT2D eigenvalue weighted by Gasteiger charge is -2.05. The molecule has 0 bridgehead atoms. The van der Waals surface area contributed by atoms with Crippen molar-refractivity contribution in [3.05, 3.63) is 71.6 Å². The van der Waals surface area contributed by atoms with Gasteiger partial charge in [0, 0.05) is 29.3 Å². The number of aromatic nitrogens is 5. The van der Waals surface area contributed by atoms with Crippen molar-refractivity contribution in [1.82, 2.24) is 24.7 Å². The van der Waals surface area contributed by atoms with Crippen molar-refractivity contribution in [2.45, 2.75) is 0 Å². The second-order valence-corrected chi connectivity index (χ2v) is 7.33. The van der Waals surface area contributed by atoms with Gasteiger partial charge in [0.25, 0.3) is 5.89 Å². The minimum absolute atomic E-state index is 0.298. The van der Waals surface area contributed by atoms with Crippen LogP contribution in [0.5, 0.6) is 11.6 Å². The molecule has 3 aromatic heterocycles. The second-order valence-electron chi connectivity index (χ2n) is 6.42. The number of ether oxygens (including phenoxy) is 1. The number of nitrogens with zero attached hydrogens (tertiary/aromatic N) is 5. The zero-order valence-corrected chi connectivity index (χ0v) is 16.9. The first kappa shape index (κ1) is 17.6. The summed E-state index contributed by atoms with van der Waals surface area (Å²) in [4.78, 5) is 13.0. The monoisotopic (exact) mass is 447 g/mol. The van der Waals surface area contributed by atoms with Crippen LogP contribution in [0.25, 0.3) is 33.9 Å². The molecule has 0 aliphatic rings. The molecule has 8 heteroatoms. The van der Waals surface area contributed by atoms with Crippen LogP contribution in [0.1, 0.15) is 0 Å². The number of benzene rings is 2. The molecule has 0 aliphatic carbocycles. The van der Waals surface area contributed by atoms with E-state index in [9.17, 15) is 0 Å². The van der Waals surface area contributed by atoms with E-state index >= 15 is 0 Å². The largest absolute Gasteiger partial charge is 0.437 e. The van der Waals surface area contributed by atoms with Crippen molar-refractivity contribution in [3.63, 3.8) is 0 Å². The molecule has 2 aromatic carbocycles. The molecule has 0 aliphatic heterocycles. The summed E-state index contributed by atoms with van der Waals surface area (Å²) >= 11 is 3.41. The van der Waals surface area contributed by atoms with E-state index in [0.29, 0.717) is 29.0 Å². The Morgan fingerprint density at radius 1 is 1.00 bits per heavy atom. The number of hydrogen-bond acceptors (Lipinski definition) is 6. The Balaban J connectivity index is 1.36. The predicted molar refractivity (Wildman–Crippen MR) is 111 cm³/mol. The minimum Gasteiger partial charge on any atom is -0.437 e. The van der Waals surface area contributed by atoms with Gasteiger partial charge in [-0.15, -0.1) is 0 Å². The van der Waals surface area contributed by atoms with Gasteiger partial charge in [-0.1, -0.05) is 21.1 Å². The van der Waals surface area contributed by atoms with Gasteiger partial charge in [-0.25, -0.2) is 9.97 Å². The summed E-state index contributed by atoms with van der Waals surface area (Å²) in [6.07, 6.45) is 5.10. The average molecular weight is 448 g/mol. The van der Waals surface area contributed by atoms with Gasteiger partial charge in [-0.3, -0.25) is 0 Å². The maximum Gasteiger partial charge on any atom is 0.278 e. The lowest BCUT2D eigenvalue weighted by molar-refractivity contribution is 0.429. The third-order valence-corrected chi connectivity index (χ3v) is 4.99. The molecule has 0 fully saturated rings. The van der Waals surface area contributed by atoms with Gasteiger partial charge in [0.15, 0.2) is 0 Å². The number of fused-ring (bicyclic) bond motifs is 1. The molecule has 0 spiro atoms. The second kappa shape index (κ2) is 7.14. The molecule has 0 amide bonds. The molecule has 7 nitrogen and oxygen atoms in total. The van der Waals surface area contributed by atoms with E-state index in [-0.39, 0.29) is 0 Å². The smallest absolute Gasteiger partial charge is 0.278 e. The molecule has 5 rings (SSSR count). The molecular formula is C21H14BrN5O2. The summed E-state index contributed by atoms with van der Waals surface area (Å²) in [6, 6.07) is 15.6. The van der Waals surface area contributed by atoms with E-state index in [1.807, 2.05) is 60.3 Å². The summed E-state index contributed by atoms with van der Waals surface area (Å²) < 4.78 is 14.2. The zero-order valence-electron chi connectivity index (χ0n) is 15.3. The quantitative estimate of drug-likeness (QED) is 0.374. The van der Waals surface area contributed by atoms with Crippen LogP contribution in [0.4, 0.5) is 0 Å². The summed E-state index contributed by atoms with van der Waals surface area (Å²) in [5, 5.41) is 5.16. The minimum atomic E-state index is 0.298. The first-order chi connectivity index (χ1) is 14.2. The summed E-state index contributed by atoms with van der Waals surface area (Å²) in [5.74, 6) is 1.87. The molecule has 142 valence electrons. The van der Waals surface area contributed by atoms with Crippen LogP contribution in [0.2, 0.25) is 0 Å². The topological polar surface area (TPSA) is 78.9 Å². The van der Waals surface area contributed by atoms with E-state index < -0.39 is 0 Å². The Morgan fingerprint density at radius 3 is 2.66 bits per heavy atom. The fourth-order valence-electron chi connectivity index (χ4n) is 2.95. The van der Waals surface area contributed by atoms with Gasteiger partial charge in [0.2, 0.25) is 11.7 Å². The molecule has 3 heterocycles. The average Bonchev–Trinajstić information content (AvgIpc) is 3.37. The number of aryl methyl sites for hydroxylation is 1. The van der Waals surface area contributed by atoms with Gasteiger partial charge < -0.3 is 13.8 Å². The molecular weight excluding hydrogens is 434 g/mol. The van der Waals surface area contributed by atoms with Crippen LogP contribution >= 0.6 is 15.9 Å². The molecule has 0 unspecified atom stereocenters. The number of rotatable bonds is 4. The van der Waals surface area contributed by atoms with Gasteiger partial charge in [-0.05, 0) is 47.9 Å². The van der Waals surface area contributed by atoms with Crippen LogP contribution in [0, 0.1) is 0 Å². The van der Waals surface area contributed by atoms with Crippen molar-refractivity contribution >= 4 is 26.8 Å². The van der Waals surface area contributed by atoms with E-state index in [4.69, 9.17) is 9.26 Å².